The number of hydrogen-bond acceptors (Lipinski definition) is 6. The fourth-order valence-corrected chi connectivity index (χ4v) is 5.63. The summed E-state index contributed by atoms with van der Waals surface area (Å²) in [7, 11) is 0. The van der Waals surface area contributed by atoms with Gasteiger partial charge in [0.05, 0.1) is 23.4 Å². The summed E-state index contributed by atoms with van der Waals surface area (Å²) in [6, 6.07) is 3.59. The molecule has 3 aromatic heterocycles. The van der Waals surface area contributed by atoms with Gasteiger partial charge in [0.25, 0.3) is 5.56 Å². The van der Waals surface area contributed by atoms with E-state index in [1.165, 1.54) is 16.6 Å². The number of carbonyl (C=O) groups is 1. The van der Waals surface area contributed by atoms with Crippen LogP contribution >= 0.6 is 23.1 Å². The zero-order valence-corrected chi connectivity index (χ0v) is 17.2. The predicted molar refractivity (Wildman–Crippen MR) is 112 cm³/mol. The standard InChI is InChI=1S/C20H21N3O3S2/c1-3-9-23-19(25)16-14-7-4-8-15(14)28-18(16)22-20(23)27-12(2)17(24)21-11-13-6-5-10-26-13/h3,5-6,10,12H,1,4,7-9,11H2,2H3,(H,21,24)/t12-/m0/s1. The van der Waals surface area contributed by atoms with Crippen LogP contribution < -0.4 is 10.9 Å². The molecule has 0 fully saturated rings. The van der Waals surface area contributed by atoms with E-state index in [1.54, 1.807) is 34.3 Å². The number of rotatable bonds is 7. The second kappa shape index (κ2) is 7.97. The van der Waals surface area contributed by atoms with Crippen molar-refractivity contribution in [3.63, 3.8) is 0 Å². The number of furan rings is 1. The van der Waals surface area contributed by atoms with Crippen LogP contribution in [0.1, 0.15) is 29.5 Å². The second-order valence-corrected chi connectivity index (χ2v) is 9.09. The smallest absolute Gasteiger partial charge is 0.263 e. The Kier molecular flexibility index (Phi) is 5.41. The number of aromatic nitrogens is 2. The van der Waals surface area contributed by atoms with Gasteiger partial charge in [-0.3, -0.25) is 14.2 Å². The lowest BCUT2D eigenvalue weighted by Gasteiger charge is -2.14. The van der Waals surface area contributed by atoms with E-state index in [0.29, 0.717) is 24.0 Å². The van der Waals surface area contributed by atoms with Crippen LogP contribution in [0.15, 0.2) is 45.4 Å². The maximum Gasteiger partial charge on any atom is 0.263 e. The summed E-state index contributed by atoms with van der Waals surface area (Å²) in [6.45, 7) is 6.28. The third-order valence-electron chi connectivity index (χ3n) is 4.77. The summed E-state index contributed by atoms with van der Waals surface area (Å²) in [4.78, 5) is 32.4. The largest absolute Gasteiger partial charge is 0.467 e. The molecular formula is C20H21N3O3S2. The molecule has 1 aliphatic rings. The molecule has 0 aromatic carbocycles. The van der Waals surface area contributed by atoms with Gasteiger partial charge in [-0.1, -0.05) is 17.8 Å². The Morgan fingerprint density at radius 3 is 3.14 bits per heavy atom. The molecule has 0 unspecified atom stereocenters. The average molecular weight is 416 g/mol. The van der Waals surface area contributed by atoms with Gasteiger partial charge in [0.2, 0.25) is 5.91 Å². The third-order valence-corrected chi connectivity index (χ3v) is 7.05. The topological polar surface area (TPSA) is 77.1 Å². The van der Waals surface area contributed by atoms with Gasteiger partial charge >= 0.3 is 0 Å². The zero-order valence-electron chi connectivity index (χ0n) is 15.6. The number of thiophene rings is 1. The number of nitrogens with zero attached hydrogens (tertiary/aromatic N) is 2. The van der Waals surface area contributed by atoms with Crippen molar-refractivity contribution in [3.05, 3.63) is 57.6 Å². The Labute approximate surface area is 170 Å². The number of aryl methyl sites for hydroxylation is 2. The first kappa shape index (κ1) is 19.0. The summed E-state index contributed by atoms with van der Waals surface area (Å²) < 4.78 is 6.86. The van der Waals surface area contributed by atoms with E-state index in [1.807, 2.05) is 13.0 Å². The monoisotopic (exact) mass is 415 g/mol. The highest BCUT2D eigenvalue weighted by molar-refractivity contribution is 8.00. The van der Waals surface area contributed by atoms with Crippen molar-refractivity contribution < 1.29 is 9.21 Å². The minimum Gasteiger partial charge on any atom is -0.467 e. The number of allylic oxidation sites excluding steroid dienone is 1. The number of thioether (sulfide) groups is 1. The van der Waals surface area contributed by atoms with Crippen molar-refractivity contribution in [3.8, 4) is 0 Å². The van der Waals surface area contributed by atoms with E-state index in [0.717, 1.165) is 35.0 Å². The Bertz CT molecular complexity index is 1080. The minimum atomic E-state index is -0.401. The molecular weight excluding hydrogens is 394 g/mol. The van der Waals surface area contributed by atoms with Crippen LogP contribution in [0.25, 0.3) is 10.2 Å². The Morgan fingerprint density at radius 1 is 1.54 bits per heavy atom. The molecule has 1 amide bonds. The summed E-state index contributed by atoms with van der Waals surface area (Å²) in [5.74, 6) is 0.566. The summed E-state index contributed by atoms with van der Waals surface area (Å²) in [6.07, 6.45) is 6.32. The first-order chi connectivity index (χ1) is 13.6. The molecule has 146 valence electrons. The van der Waals surface area contributed by atoms with Gasteiger partial charge in [0.1, 0.15) is 10.6 Å². The fraction of sp³-hybridized carbons (Fsp3) is 0.350. The van der Waals surface area contributed by atoms with Crippen LogP contribution in [0.4, 0.5) is 0 Å². The van der Waals surface area contributed by atoms with Gasteiger partial charge in [-0.25, -0.2) is 4.98 Å². The maximum atomic E-state index is 13.1. The Hall–Kier alpha value is -2.32. The quantitative estimate of drug-likeness (QED) is 0.363. The second-order valence-electron chi connectivity index (χ2n) is 6.69. The van der Waals surface area contributed by atoms with Crippen LogP contribution in [0.5, 0.6) is 0 Å². The lowest BCUT2D eigenvalue weighted by molar-refractivity contribution is -0.120. The van der Waals surface area contributed by atoms with E-state index in [2.05, 4.69) is 11.9 Å². The van der Waals surface area contributed by atoms with Crippen LogP contribution in [0, 0.1) is 0 Å². The van der Waals surface area contributed by atoms with E-state index in [-0.39, 0.29) is 11.5 Å². The van der Waals surface area contributed by atoms with E-state index in [9.17, 15) is 9.59 Å². The molecule has 3 aromatic rings. The molecule has 0 spiro atoms. The van der Waals surface area contributed by atoms with Gasteiger partial charge in [-0.05, 0) is 43.9 Å². The van der Waals surface area contributed by atoms with Crippen LogP contribution in [0.2, 0.25) is 0 Å². The summed E-state index contributed by atoms with van der Waals surface area (Å²) in [5.41, 5.74) is 1.13. The van der Waals surface area contributed by atoms with Gasteiger partial charge in [-0.15, -0.1) is 17.9 Å². The highest BCUT2D eigenvalue weighted by Gasteiger charge is 2.24. The number of hydrogen-bond donors (Lipinski definition) is 1. The van der Waals surface area contributed by atoms with Gasteiger partial charge in [-0.2, -0.15) is 0 Å². The van der Waals surface area contributed by atoms with Crippen molar-refractivity contribution in [1.82, 2.24) is 14.9 Å². The van der Waals surface area contributed by atoms with Crippen molar-refractivity contribution in [2.24, 2.45) is 0 Å². The Morgan fingerprint density at radius 2 is 2.39 bits per heavy atom. The van der Waals surface area contributed by atoms with Crippen molar-refractivity contribution in [2.75, 3.05) is 0 Å². The molecule has 1 N–H and O–H groups in total. The lowest BCUT2D eigenvalue weighted by atomic mass is 10.2. The van der Waals surface area contributed by atoms with Crippen LogP contribution in [-0.4, -0.2) is 20.7 Å². The maximum absolute atomic E-state index is 13.1. The molecule has 4 rings (SSSR count). The van der Waals surface area contributed by atoms with E-state index >= 15 is 0 Å². The normalized spacial score (nSPS) is 14.2. The van der Waals surface area contributed by atoms with Crippen LogP contribution in [-0.2, 0) is 30.7 Å². The predicted octanol–water partition coefficient (Wildman–Crippen LogP) is 3.52. The van der Waals surface area contributed by atoms with Crippen molar-refractivity contribution >= 4 is 39.2 Å². The van der Waals surface area contributed by atoms with Crippen molar-refractivity contribution in [1.29, 1.82) is 0 Å². The molecule has 0 aliphatic heterocycles. The number of nitrogens with one attached hydrogen (secondary N) is 1. The molecule has 0 bridgehead atoms. The number of carbonyl (C=O) groups excluding carboxylic acids is 1. The molecule has 1 aliphatic carbocycles. The summed E-state index contributed by atoms with van der Waals surface area (Å²) in [5, 5.41) is 3.76. The van der Waals surface area contributed by atoms with Gasteiger partial charge in [0, 0.05) is 11.4 Å². The van der Waals surface area contributed by atoms with E-state index in [4.69, 9.17) is 9.40 Å². The lowest BCUT2D eigenvalue weighted by Crippen LogP contribution is -2.31. The van der Waals surface area contributed by atoms with E-state index < -0.39 is 5.25 Å². The molecule has 8 heteroatoms. The SMILES string of the molecule is C=CCn1c(S[C@@H](C)C(=O)NCc2ccco2)nc2sc3c(c2c1=O)CCC3. The molecule has 28 heavy (non-hydrogen) atoms. The first-order valence-electron chi connectivity index (χ1n) is 9.21. The third kappa shape index (κ3) is 3.54. The Balaban J connectivity index is 1.60. The number of amides is 1. The molecule has 0 radical (unpaired) electrons. The minimum absolute atomic E-state index is 0.0324. The van der Waals surface area contributed by atoms with Crippen molar-refractivity contribution in [2.45, 2.75) is 49.7 Å². The molecule has 3 heterocycles. The highest BCUT2D eigenvalue weighted by Crippen LogP contribution is 2.36. The highest BCUT2D eigenvalue weighted by atomic mass is 32.2. The van der Waals surface area contributed by atoms with Crippen LogP contribution in [0.3, 0.4) is 0 Å². The average Bonchev–Trinajstić information content (AvgIpc) is 3.39. The molecule has 6 nitrogen and oxygen atoms in total. The first-order valence-corrected chi connectivity index (χ1v) is 10.9. The summed E-state index contributed by atoms with van der Waals surface area (Å²) >= 11 is 2.90. The molecule has 0 saturated carbocycles. The molecule has 0 saturated heterocycles. The number of fused-ring (bicyclic) bond motifs is 3. The molecule has 1 atom stereocenters. The van der Waals surface area contributed by atoms with Gasteiger partial charge in [0.15, 0.2) is 5.16 Å². The van der Waals surface area contributed by atoms with Gasteiger partial charge < -0.3 is 9.73 Å². The zero-order chi connectivity index (χ0) is 19.7. The fourth-order valence-electron chi connectivity index (χ4n) is 3.38.